The van der Waals surface area contributed by atoms with Crippen LogP contribution in [-0.2, 0) is 16.6 Å². The van der Waals surface area contributed by atoms with Gasteiger partial charge in [-0.15, -0.1) is 0 Å². The maximum Gasteiger partial charge on any atom is 0.406 e. The Hall–Kier alpha value is -1.71. The van der Waals surface area contributed by atoms with E-state index in [1.54, 1.807) is 7.11 Å². The molecule has 1 rings (SSSR count). The zero-order chi connectivity index (χ0) is 14.5. The number of nitrogens with one attached hydrogen (secondary N) is 1. The van der Waals surface area contributed by atoms with Crippen LogP contribution in [0.3, 0.4) is 0 Å². The number of methoxy groups -OCH3 is 2. The van der Waals surface area contributed by atoms with Crippen molar-refractivity contribution in [1.29, 1.82) is 0 Å². The third-order valence-corrected chi connectivity index (χ3v) is 3.30. The third kappa shape index (κ3) is 3.88. The molecule has 0 atom stereocenters. The Morgan fingerprint density at radius 3 is 2.53 bits per heavy atom. The first-order valence-corrected chi connectivity index (χ1v) is 6.43. The molecule has 106 valence electrons. The molecule has 0 aliphatic carbocycles. The topological polar surface area (TPSA) is 47.6 Å². The molecule has 4 heteroatoms. The summed E-state index contributed by atoms with van der Waals surface area (Å²) in [5, 5.41) is 2.74. The van der Waals surface area contributed by atoms with E-state index in [0.29, 0.717) is 6.54 Å². The molecule has 0 heterocycles. The van der Waals surface area contributed by atoms with Crippen molar-refractivity contribution in [2.75, 3.05) is 20.8 Å². The minimum atomic E-state index is -0.405. The first kappa shape index (κ1) is 15.3. The Bertz CT molecular complexity index is 441. The van der Waals surface area contributed by atoms with Crippen molar-refractivity contribution in [2.24, 2.45) is 0 Å². The molecule has 1 aromatic rings. The Kier molecular flexibility index (Phi) is 5.21. The fourth-order valence-corrected chi connectivity index (χ4v) is 1.94. The summed E-state index contributed by atoms with van der Waals surface area (Å²) in [5.74, 6) is 0.906. The first-order valence-electron chi connectivity index (χ1n) is 6.43. The van der Waals surface area contributed by atoms with Crippen LogP contribution in [0.25, 0.3) is 0 Å². The van der Waals surface area contributed by atoms with Crippen molar-refractivity contribution in [3.63, 3.8) is 0 Å². The molecule has 1 amide bonds. The van der Waals surface area contributed by atoms with Gasteiger partial charge in [0.2, 0.25) is 0 Å². The average molecular weight is 265 g/mol. The lowest BCUT2D eigenvalue weighted by molar-refractivity contribution is 0.168. The monoisotopic (exact) mass is 265 g/mol. The van der Waals surface area contributed by atoms with E-state index in [0.717, 1.165) is 12.2 Å². The number of carbonyl (C=O) groups is 1. The van der Waals surface area contributed by atoms with Crippen LogP contribution >= 0.6 is 0 Å². The molecule has 0 saturated carbocycles. The predicted molar refractivity (Wildman–Crippen MR) is 75.8 cm³/mol. The minimum Gasteiger partial charge on any atom is -0.496 e. The summed E-state index contributed by atoms with van der Waals surface area (Å²) in [6.45, 7) is 6.80. The van der Waals surface area contributed by atoms with Gasteiger partial charge in [-0.25, -0.2) is 4.79 Å². The molecule has 0 fully saturated rings. The highest BCUT2D eigenvalue weighted by Crippen LogP contribution is 2.28. The van der Waals surface area contributed by atoms with Gasteiger partial charge in [0.05, 0.1) is 14.2 Å². The van der Waals surface area contributed by atoms with E-state index in [4.69, 9.17) is 4.74 Å². The predicted octanol–water partition coefficient (Wildman–Crippen LogP) is 2.89. The molecule has 0 saturated heterocycles. The quantitative estimate of drug-likeness (QED) is 0.890. The summed E-state index contributed by atoms with van der Waals surface area (Å²) < 4.78 is 9.92. The highest BCUT2D eigenvalue weighted by Gasteiger charge is 2.22. The van der Waals surface area contributed by atoms with Crippen molar-refractivity contribution in [1.82, 2.24) is 5.32 Å². The summed E-state index contributed by atoms with van der Waals surface area (Å²) in [6.07, 6.45) is 0.509. The van der Waals surface area contributed by atoms with E-state index < -0.39 is 6.09 Å². The number of amides is 1. The molecular weight excluding hydrogens is 242 g/mol. The van der Waals surface area contributed by atoms with Gasteiger partial charge < -0.3 is 14.8 Å². The van der Waals surface area contributed by atoms with Crippen molar-refractivity contribution in [3.05, 3.63) is 29.3 Å². The van der Waals surface area contributed by atoms with Crippen molar-refractivity contribution in [2.45, 2.75) is 32.6 Å². The molecule has 0 radical (unpaired) electrons. The van der Waals surface area contributed by atoms with Crippen LogP contribution < -0.4 is 10.1 Å². The van der Waals surface area contributed by atoms with Gasteiger partial charge in [0, 0.05) is 12.0 Å². The summed E-state index contributed by atoms with van der Waals surface area (Å²) in [4.78, 5) is 11.2. The second-order valence-corrected chi connectivity index (χ2v) is 5.11. The van der Waals surface area contributed by atoms with Gasteiger partial charge in [-0.3, -0.25) is 0 Å². The zero-order valence-electron chi connectivity index (χ0n) is 12.4. The molecule has 0 bridgehead atoms. The van der Waals surface area contributed by atoms with Crippen LogP contribution in [0.1, 0.15) is 31.9 Å². The largest absolute Gasteiger partial charge is 0.496 e. The number of hydrogen-bond acceptors (Lipinski definition) is 3. The van der Waals surface area contributed by atoms with Crippen LogP contribution in [0.15, 0.2) is 18.2 Å². The fourth-order valence-electron chi connectivity index (χ4n) is 1.94. The highest BCUT2D eigenvalue weighted by atomic mass is 16.5. The summed E-state index contributed by atoms with van der Waals surface area (Å²) in [6, 6.07) is 6.16. The molecule has 0 aliphatic rings. The normalized spacial score (nSPS) is 11.0. The number of rotatable bonds is 5. The number of carbonyl (C=O) groups excluding carboxylic acids is 1. The molecule has 0 aromatic heterocycles. The highest BCUT2D eigenvalue weighted by molar-refractivity contribution is 5.67. The smallest absolute Gasteiger partial charge is 0.406 e. The SMILES string of the molecule is CCc1cc(C(C)(C)CNC(=O)OC)ccc1OC. The van der Waals surface area contributed by atoms with Gasteiger partial charge in [0.1, 0.15) is 5.75 Å². The molecule has 4 nitrogen and oxygen atoms in total. The molecular formula is C15H23NO3. The van der Waals surface area contributed by atoms with Gasteiger partial charge in [-0.2, -0.15) is 0 Å². The Morgan fingerprint density at radius 2 is 2.00 bits per heavy atom. The van der Waals surface area contributed by atoms with Crippen LogP contribution in [0, 0.1) is 0 Å². The average Bonchev–Trinajstić information content (AvgIpc) is 2.43. The summed E-state index contributed by atoms with van der Waals surface area (Å²) in [7, 11) is 3.04. The number of hydrogen-bond donors (Lipinski definition) is 1. The standard InChI is InChI=1S/C15H23NO3/c1-6-11-9-12(7-8-13(11)18-4)15(2,3)10-16-14(17)19-5/h7-9H,6,10H2,1-5H3,(H,16,17). The molecule has 0 aliphatic heterocycles. The molecule has 1 aromatic carbocycles. The van der Waals surface area contributed by atoms with Gasteiger partial charge in [-0.1, -0.05) is 32.9 Å². The fraction of sp³-hybridized carbons (Fsp3) is 0.533. The van der Waals surface area contributed by atoms with E-state index >= 15 is 0 Å². The van der Waals surface area contributed by atoms with Crippen molar-refractivity contribution < 1.29 is 14.3 Å². The van der Waals surface area contributed by atoms with Crippen LogP contribution in [0.5, 0.6) is 5.75 Å². The molecule has 0 unspecified atom stereocenters. The Balaban J connectivity index is 2.91. The molecule has 1 N–H and O–H groups in total. The zero-order valence-corrected chi connectivity index (χ0v) is 12.4. The van der Waals surface area contributed by atoms with Crippen molar-refractivity contribution in [3.8, 4) is 5.75 Å². The third-order valence-electron chi connectivity index (χ3n) is 3.30. The Labute approximate surface area is 115 Å². The minimum absolute atomic E-state index is 0.162. The van der Waals surface area contributed by atoms with E-state index in [1.807, 2.05) is 12.1 Å². The van der Waals surface area contributed by atoms with Gasteiger partial charge in [0.15, 0.2) is 0 Å². The summed E-state index contributed by atoms with van der Waals surface area (Å²) in [5.41, 5.74) is 2.18. The summed E-state index contributed by atoms with van der Waals surface area (Å²) >= 11 is 0. The van der Waals surface area contributed by atoms with E-state index in [-0.39, 0.29) is 5.41 Å². The van der Waals surface area contributed by atoms with Crippen molar-refractivity contribution >= 4 is 6.09 Å². The number of ether oxygens (including phenoxy) is 2. The van der Waals surface area contributed by atoms with E-state index in [2.05, 4.69) is 36.9 Å². The number of benzene rings is 1. The number of aryl methyl sites for hydroxylation is 1. The van der Waals surface area contributed by atoms with Gasteiger partial charge in [0.25, 0.3) is 0 Å². The van der Waals surface area contributed by atoms with Gasteiger partial charge >= 0.3 is 6.09 Å². The van der Waals surface area contributed by atoms with Gasteiger partial charge in [-0.05, 0) is 23.6 Å². The lowest BCUT2D eigenvalue weighted by Crippen LogP contribution is -2.36. The maximum absolute atomic E-state index is 11.2. The Morgan fingerprint density at radius 1 is 1.32 bits per heavy atom. The lowest BCUT2D eigenvalue weighted by atomic mass is 9.83. The second-order valence-electron chi connectivity index (χ2n) is 5.11. The maximum atomic E-state index is 11.2. The van der Waals surface area contributed by atoms with Crippen LogP contribution in [0.4, 0.5) is 4.79 Å². The second kappa shape index (κ2) is 6.45. The van der Waals surface area contributed by atoms with Crippen LogP contribution in [0.2, 0.25) is 0 Å². The lowest BCUT2D eigenvalue weighted by Gasteiger charge is -2.26. The van der Waals surface area contributed by atoms with Crippen LogP contribution in [-0.4, -0.2) is 26.9 Å². The molecule has 19 heavy (non-hydrogen) atoms. The number of alkyl carbamates (subject to hydrolysis) is 1. The van der Waals surface area contributed by atoms with E-state index in [9.17, 15) is 4.79 Å². The molecule has 0 spiro atoms. The first-order chi connectivity index (χ1) is 8.94. The van der Waals surface area contributed by atoms with E-state index in [1.165, 1.54) is 18.2 Å².